The minimum Gasteiger partial charge on any atom is -0.385 e. The van der Waals surface area contributed by atoms with E-state index in [2.05, 4.69) is 5.92 Å². The molecule has 0 aromatic heterocycles. The molecule has 0 spiro atoms. The molecule has 0 aliphatic rings. The lowest BCUT2D eigenvalue weighted by Crippen LogP contribution is -1.85. The molecule has 0 aliphatic carbocycles. The Bertz CT molecular complexity index is 61.1. The van der Waals surface area contributed by atoms with Crippen LogP contribution in [0.2, 0.25) is 0 Å². The van der Waals surface area contributed by atoms with Crippen molar-refractivity contribution in [1.29, 1.82) is 0 Å². The maximum atomic E-state index is 4.96. The first-order valence-corrected chi connectivity index (χ1v) is 2.34. The van der Waals surface area contributed by atoms with Gasteiger partial charge in [-0.1, -0.05) is 0 Å². The van der Waals surface area contributed by atoms with Crippen molar-refractivity contribution in [2.24, 2.45) is 0 Å². The third kappa shape index (κ3) is 5.52. The maximum absolute atomic E-state index is 4.96. The zero-order valence-electron chi connectivity index (χ0n) is 4.61. The van der Waals surface area contributed by atoms with Crippen LogP contribution >= 0.6 is 0 Å². The Kier molecular flexibility index (Phi) is 5.14. The van der Waals surface area contributed by atoms with E-state index in [4.69, 9.17) is 11.2 Å². The summed E-state index contributed by atoms with van der Waals surface area (Å²) in [6.45, 7) is 0.782. The second-order valence-corrected chi connectivity index (χ2v) is 1.30. The largest absolute Gasteiger partial charge is 0.385 e. The molecule has 0 aromatic rings. The highest BCUT2D eigenvalue weighted by Crippen LogP contribution is 1.83. The van der Waals surface area contributed by atoms with Crippen LogP contribution in [-0.2, 0) is 4.74 Å². The summed E-state index contributed by atoms with van der Waals surface area (Å²) in [5.41, 5.74) is 0. The smallest absolute Gasteiger partial charge is 0.0471 e. The summed E-state index contributed by atoms with van der Waals surface area (Å²) < 4.78 is 4.75. The van der Waals surface area contributed by atoms with Gasteiger partial charge in [0.1, 0.15) is 0 Å². The monoisotopic (exact) mass is 98.1 g/mol. The Labute approximate surface area is 44.7 Å². The van der Waals surface area contributed by atoms with Crippen LogP contribution in [0.25, 0.3) is 0 Å². The van der Waals surface area contributed by atoms with Crippen LogP contribution in [0.3, 0.4) is 0 Å². The summed E-state index contributed by atoms with van der Waals surface area (Å²) >= 11 is 0. The van der Waals surface area contributed by atoms with Crippen LogP contribution in [0.15, 0.2) is 0 Å². The zero-order chi connectivity index (χ0) is 5.54. The topological polar surface area (TPSA) is 9.23 Å². The van der Waals surface area contributed by atoms with E-state index in [-0.39, 0.29) is 0 Å². The van der Waals surface area contributed by atoms with E-state index in [1.807, 2.05) is 0 Å². The Morgan fingerprint density at radius 2 is 2.43 bits per heavy atom. The summed E-state index contributed by atoms with van der Waals surface area (Å²) in [4.78, 5) is 0. The number of ether oxygens (including phenoxy) is 1. The first kappa shape index (κ1) is 6.52. The van der Waals surface area contributed by atoms with Crippen LogP contribution in [0, 0.1) is 12.3 Å². The van der Waals surface area contributed by atoms with Gasteiger partial charge < -0.3 is 4.74 Å². The summed E-state index contributed by atoms with van der Waals surface area (Å²) in [7, 11) is 1.68. The van der Waals surface area contributed by atoms with Gasteiger partial charge in [-0.3, -0.25) is 0 Å². The van der Waals surface area contributed by atoms with E-state index >= 15 is 0 Å². The van der Waals surface area contributed by atoms with E-state index < -0.39 is 0 Å². The van der Waals surface area contributed by atoms with Gasteiger partial charge in [0.05, 0.1) is 0 Å². The third-order valence-electron chi connectivity index (χ3n) is 0.670. The molecule has 0 radical (unpaired) electrons. The average Bonchev–Trinajstić information content (AvgIpc) is 1.69. The van der Waals surface area contributed by atoms with Crippen molar-refractivity contribution in [3.8, 4) is 12.3 Å². The molecule has 7 heavy (non-hydrogen) atoms. The maximum Gasteiger partial charge on any atom is 0.0471 e. The molecule has 1 nitrogen and oxygen atoms in total. The molecule has 0 rings (SSSR count). The highest BCUT2D eigenvalue weighted by molar-refractivity contribution is 4.82. The minimum absolute atomic E-state index is 0.782. The molecule has 0 saturated heterocycles. The molecule has 0 heterocycles. The fourth-order valence-electron chi connectivity index (χ4n) is 0.319. The predicted octanol–water partition coefficient (Wildman–Crippen LogP) is 1.05. The second-order valence-electron chi connectivity index (χ2n) is 1.30. The van der Waals surface area contributed by atoms with Crippen LogP contribution in [0.5, 0.6) is 0 Å². The van der Waals surface area contributed by atoms with Gasteiger partial charge >= 0.3 is 0 Å². The molecule has 0 unspecified atom stereocenters. The SMILES string of the molecule is C#CCCCOC. The van der Waals surface area contributed by atoms with Crippen molar-refractivity contribution in [1.82, 2.24) is 0 Å². The summed E-state index contributed by atoms with van der Waals surface area (Å²) in [6.07, 6.45) is 6.77. The van der Waals surface area contributed by atoms with Crippen molar-refractivity contribution >= 4 is 0 Å². The van der Waals surface area contributed by atoms with E-state index in [1.54, 1.807) is 7.11 Å². The predicted molar refractivity (Wildman–Crippen MR) is 29.9 cm³/mol. The summed E-state index contributed by atoms with van der Waals surface area (Å²) in [6, 6.07) is 0. The zero-order valence-corrected chi connectivity index (χ0v) is 4.61. The Morgan fingerprint density at radius 1 is 1.71 bits per heavy atom. The quantitative estimate of drug-likeness (QED) is 0.378. The standard InChI is InChI=1S/C6H10O/c1-3-4-5-6-7-2/h1H,4-6H2,2H3. The number of rotatable bonds is 3. The van der Waals surface area contributed by atoms with Crippen molar-refractivity contribution in [3.05, 3.63) is 0 Å². The van der Waals surface area contributed by atoms with Gasteiger partial charge in [0, 0.05) is 20.1 Å². The van der Waals surface area contributed by atoms with Crippen molar-refractivity contribution < 1.29 is 4.74 Å². The van der Waals surface area contributed by atoms with Gasteiger partial charge in [0.15, 0.2) is 0 Å². The van der Waals surface area contributed by atoms with E-state index in [0.717, 1.165) is 19.4 Å². The Hall–Kier alpha value is -0.480. The van der Waals surface area contributed by atoms with E-state index in [9.17, 15) is 0 Å². The number of hydrogen-bond acceptors (Lipinski definition) is 1. The Morgan fingerprint density at radius 3 is 2.86 bits per heavy atom. The molecule has 1 heteroatoms. The van der Waals surface area contributed by atoms with Gasteiger partial charge in [0.25, 0.3) is 0 Å². The molecule has 0 aromatic carbocycles. The van der Waals surface area contributed by atoms with Gasteiger partial charge in [0.2, 0.25) is 0 Å². The van der Waals surface area contributed by atoms with Crippen molar-refractivity contribution in [3.63, 3.8) is 0 Å². The molecular formula is C6H10O. The number of hydrogen-bond donors (Lipinski definition) is 0. The average molecular weight is 98.1 g/mol. The lowest BCUT2D eigenvalue weighted by Gasteiger charge is -1.89. The highest BCUT2D eigenvalue weighted by Gasteiger charge is 1.77. The molecule has 0 atom stereocenters. The van der Waals surface area contributed by atoms with Crippen LogP contribution < -0.4 is 0 Å². The fourth-order valence-corrected chi connectivity index (χ4v) is 0.319. The fraction of sp³-hybridized carbons (Fsp3) is 0.667. The normalized spacial score (nSPS) is 8.00. The second kappa shape index (κ2) is 5.52. The molecule has 0 amide bonds. The highest BCUT2D eigenvalue weighted by atomic mass is 16.5. The van der Waals surface area contributed by atoms with Gasteiger partial charge in [-0.2, -0.15) is 0 Å². The van der Waals surface area contributed by atoms with Gasteiger partial charge in [-0.25, -0.2) is 0 Å². The van der Waals surface area contributed by atoms with Crippen LogP contribution in [-0.4, -0.2) is 13.7 Å². The lowest BCUT2D eigenvalue weighted by atomic mass is 10.3. The third-order valence-corrected chi connectivity index (χ3v) is 0.670. The number of methoxy groups -OCH3 is 1. The van der Waals surface area contributed by atoms with Crippen molar-refractivity contribution in [2.45, 2.75) is 12.8 Å². The van der Waals surface area contributed by atoms with Crippen LogP contribution in [0.1, 0.15) is 12.8 Å². The molecule has 0 aliphatic heterocycles. The number of terminal acetylenes is 1. The Balaban J connectivity index is 2.60. The van der Waals surface area contributed by atoms with Crippen LogP contribution in [0.4, 0.5) is 0 Å². The van der Waals surface area contributed by atoms with E-state index in [0.29, 0.717) is 0 Å². The molecule has 0 bridgehead atoms. The molecule has 40 valence electrons. The molecular weight excluding hydrogens is 88.1 g/mol. The first-order chi connectivity index (χ1) is 3.41. The molecule has 0 saturated carbocycles. The number of unbranched alkanes of at least 4 members (excludes halogenated alkanes) is 1. The summed E-state index contributed by atoms with van der Waals surface area (Å²) in [5.74, 6) is 2.52. The van der Waals surface area contributed by atoms with Gasteiger partial charge in [-0.15, -0.1) is 12.3 Å². The molecule has 0 N–H and O–H groups in total. The van der Waals surface area contributed by atoms with Gasteiger partial charge in [-0.05, 0) is 6.42 Å². The minimum atomic E-state index is 0.782. The lowest BCUT2D eigenvalue weighted by molar-refractivity contribution is 0.196. The molecule has 0 fully saturated rings. The summed E-state index contributed by atoms with van der Waals surface area (Å²) in [5, 5.41) is 0. The van der Waals surface area contributed by atoms with E-state index in [1.165, 1.54) is 0 Å². The first-order valence-electron chi connectivity index (χ1n) is 2.34. The van der Waals surface area contributed by atoms with Crippen molar-refractivity contribution in [2.75, 3.05) is 13.7 Å².